The zero-order valence-electron chi connectivity index (χ0n) is 18.1. The van der Waals surface area contributed by atoms with E-state index in [1.807, 2.05) is 9.80 Å². The number of aryl methyl sites for hydroxylation is 1. The molecule has 1 aromatic rings. The molecule has 0 spiro atoms. The molecule has 2 heterocycles. The van der Waals surface area contributed by atoms with E-state index in [1.54, 1.807) is 0 Å². The van der Waals surface area contributed by atoms with Crippen LogP contribution in [-0.2, 0) is 9.59 Å². The van der Waals surface area contributed by atoms with Gasteiger partial charge in [-0.15, -0.1) is 0 Å². The summed E-state index contributed by atoms with van der Waals surface area (Å²) in [7, 11) is 0. The largest absolute Gasteiger partial charge is 0.368 e. The first kappa shape index (κ1) is 20.2. The minimum absolute atomic E-state index is 0.0762. The van der Waals surface area contributed by atoms with Crippen molar-refractivity contribution in [1.82, 2.24) is 14.7 Å². The van der Waals surface area contributed by atoms with E-state index in [1.165, 1.54) is 16.8 Å². The Kier molecular flexibility index (Phi) is 5.81. The highest BCUT2D eigenvalue weighted by Gasteiger charge is 2.51. The van der Waals surface area contributed by atoms with Crippen LogP contribution in [0, 0.1) is 25.7 Å². The molecule has 2 aliphatic heterocycles. The first-order valence-corrected chi connectivity index (χ1v) is 11.1. The first-order valence-electron chi connectivity index (χ1n) is 11.1. The molecule has 2 saturated heterocycles. The second-order valence-electron chi connectivity index (χ2n) is 8.74. The predicted octanol–water partition coefficient (Wildman–Crippen LogP) is 1.75. The molecule has 4 rings (SSSR count). The fourth-order valence-corrected chi connectivity index (χ4v) is 4.74. The molecule has 0 aromatic heterocycles. The van der Waals surface area contributed by atoms with E-state index < -0.39 is 0 Å². The fourth-order valence-electron chi connectivity index (χ4n) is 4.74. The zero-order chi connectivity index (χ0) is 20.5. The van der Waals surface area contributed by atoms with Crippen LogP contribution >= 0.6 is 0 Å². The van der Waals surface area contributed by atoms with Gasteiger partial charge in [-0.25, -0.2) is 0 Å². The zero-order valence-corrected chi connectivity index (χ0v) is 18.1. The molecule has 2 amide bonds. The van der Waals surface area contributed by atoms with Crippen LogP contribution in [0.25, 0.3) is 0 Å². The number of likely N-dealkylation sites (N-methyl/N-ethyl adjacent to an activating group) is 1. The Bertz CT molecular complexity index is 764. The molecule has 29 heavy (non-hydrogen) atoms. The lowest BCUT2D eigenvalue weighted by atomic mass is 10.1. The highest BCUT2D eigenvalue weighted by molar-refractivity contribution is 5.92. The summed E-state index contributed by atoms with van der Waals surface area (Å²) >= 11 is 0. The Labute approximate surface area is 174 Å². The number of carbonyl (C=O) groups excluding carboxylic acids is 2. The molecule has 1 saturated carbocycles. The molecule has 6 nitrogen and oxygen atoms in total. The molecule has 6 heteroatoms. The van der Waals surface area contributed by atoms with Gasteiger partial charge in [-0.2, -0.15) is 0 Å². The minimum atomic E-state index is -0.0843. The van der Waals surface area contributed by atoms with Gasteiger partial charge in [0.2, 0.25) is 11.8 Å². The molecule has 0 bridgehead atoms. The molecular formula is C23H34N4O2. The number of carbonyl (C=O) groups is 2. The van der Waals surface area contributed by atoms with Crippen molar-refractivity contribution in [3.8, 4) is 0 Å². The van der Waals surface area contributed by atoms with Crippen LogP contribution in [0.1, 0.15) is 24.5 Å². The first-order chi connectivity index (χ1) is 14.0. The maximum Gasteiger partial charge on any atom is 0.226 e. The lowest BCUT2D eigenvalue weighted by Crippen LogP contribution is -2.50. The third-order valence-electron chi connectivity index (χ3n) is 7.06. The maximum atomic E-state index is 12.9. The second-order valence-corrected chi connectivity index (χ2v) is 8.74. The van der Waals surface area contributed by atoms with Crippen LogP contribution in [0.3, 0.4) is 0 Å². The quantitative estimate of drug-likeness (QED) is 0.775. The lowest BCUT2D eigenvalue weighted by Gasteiger charge is -2.37. The predicted molar refractivity (Wildman–Crippen MR) is 115 cm³/mol. The molecule has 1 aliphatic carbocycles. The number of rotatable bonds is 4. The topological polar surface area (TPSA) is 47.1 Å². The summed E-state index contributed by atoms with van der Waals surface area (Å²) in [6.07, 6.45) is 0.739. The molecule has 3 fully saturated rings. The standard InChI is InChI=1S/C23H34N4O2/c1-4-24-8-10-26(11-9-24)22(28)19-16-20(19)23(29)27-14-12-25(13-15-27)21-7-5-6-17(2)18(21)3/h5-7,19-20H,4,8-16H2,1-3H3. The Morgan fingerprint density at radius 3 is 1.97 bits per heavy atom. The number of benzene rings is 1. The summed E-state index contributed by atoms with van der Waals surface area (Å²) in [5.74, 6) is 0.232. The van der Waals surface area contributed by atoms with Crippen LogP contribution < -0.4 is 4.90 Å². The maximum absolute atomic E-state index is 12.9. The third kappa shape index (κ3) is 4.13. The number of nitrogens with zero attached hydrogens (tertiary/aromatic N) is 4. The van der Waals surface area contributed by atoms with Crippen molar-refractivity contribution in [2.45, 2.75) is 27.2 Å². The molecular weight excluding hydrogens is 364 g/mol. The van der Waals surface area contributed by atoms with Crippen molar-refractivity contribution >= 4 is 17.5 Å². The monoisotopic (exact) mass is 398 g/mol. The van der Waals surface area contributed by atoms with Gasteiger partial charge in [0.15, 0.2) is 0 Å². The van der Waals surface area contributed by atoms with Gasteiger partial charge in [0, 0.05) is 58.0 Å². The molecule has 2 unspecified atom stereocenters. The summed E-state index contributed by atoms with van der Waals surface area (Å²) in [6.45, 7) is 14.2. The smallest absolute Gasteiger partial charge is 0.226 e. The Hall–Kier alpha value is -2.08. The Balaban J connectivity index is 1.27. The molecule has 2 atom stereocenters. The van der Waals surface area contributed by atoms with Gasteiger partial charge in [0.05, 0.1) is 11.8 Å². The van der Waals surface area contributed by atoms with Crippen molar-refractivity contribution in [2.75, 3.05) is 63.8 Å². The molecule has 1 aromatic carbocycles. The number of amides is 2. The van der Waals surface area contributed by atoms with Gasteiger partial charge < -0.3 is 19.6 Å². The van der Waals surface area contributed by atoms with E-state index in [0.717, 1.165) is 65.3 Å². The van der Waals surface area contributed by atoms with E-state index in [4.69, 9.17) is 0 Å². The van der Waals surface area contributed by atoms with Crippen LogP contribution in [0.4, 0.5) is 5.69 Å². The summed E-state index contributed by atoms with van der Waals surface area (Å²) in [6, 6.07) is 6.43. The van der Waals surface area contributed by atoms with Gasteiger partial charge in [0.25, 0.3) is 0 Å². The van der Waals surface area contributed by atoms with Crippen molar-refractivity contribution in [3.05, 3.63) is 29.3 Å². The Morgan fingerprint density at radius 1 is 0.862 bits per heavy atom. The van der Waals surface area contributed by atoms with E-state index in [9.17, 15) is 9.59 Å². The van der Waals surface area contributed by atoms with Gasteiger partial charge in [-0.1, -0.05) is 19.1 Å². The highest BCUT2D eigenvalue weighted by Crippen LogP contribution is 2.42. The van der Waals surface area contributed by atoms with Crippen LogP contribution in [-0.4, -0.2) is 85.4 Å². The Morgan fingerprint density at radius 2 is 1.41 bits per heavy atom. The van der Waals surface area contributed by atoms with E-state index in [2.05, 4.69) is 48.8 Å². The van der Waals surface area contributed by atoms with Crippen molar-refractivity contribution in [1.29, 1.82) is 0 Å². The third-order valence-corrected chi connectivity index (χ3v) is 7.06. The summed E-state index contributed by atoms with van der Waals surface area (Å²) in [5, 5.41) is 0. The van der Waals surface area contributed by atoms with Crippen LogP contribution in [0.15, 0.2) is 18.2 Å². The summed E-state index contributed by atoms with van der Waals surface area (Å²) < 4.78 is 0. The molecule has 0 N–H and O–H groups in total. The lowest BCUT2D eigenvalue weighted by molar-refractivity contribution is -0.139. The van der Waals surface area contributed by atoms with Gasteiger partial charge >= 0.3 is 0 Å². The minimum Gasteiger partial charge on any atom is -0.368 e. The average Bonchev–Trinajstić information content (AvgIpc) is 3.56. The van der Waals surface area contributed by atoms with Gasteiger partial charge in [-0.3, -0.25) is 9.59 Å². The molecule has 158 valence electrons. The van der Waals surface area contributed by atoms with E-state index in [-0.39, 0.29) is 23.7 Å². The van der Waals surface area contributed by atoms with Crippen molar-refractivity contribution in [2.24, 2.45) is 11.8 Å². The van der Waals surface area contributed by atoms with Gasteiger partial charge in [-0.05, 0) is 44.0 Å². The normalized spacial score (nSPS) is 25.3. The van der Waals surface area contributed by atoms with E-state index in [0.29, 0.717) is 0 Å². The number of piperazine rings is 2. The summed E-state index contributed by atoms with van der Waals surface area (Å²) in [4.78, 5) is 34.4. The summed E-state index contributed by atoms with van der Waals surface area (Å²) in [5.41, 5.74) is 3.91. The second kappa shape index (κ2) is 8.34. The highest BCUT2D eigenvalue weighted by atomic mass is 16.2. The van der Waals surface area contributed by atoms with E-state index >= 15 is 0 Å². The van der Waals surface area contributed by atoms with Gasteiger partial charge in [0.1, 0.15) is 0 Å². The van der Waals surface area contributed by atoms with Crippen LogP contribution in [0.5, 0.6) is 0 Å². The number of hydrogen-bond acceptors (Lipinski definition) is 4. The number of hydrogen-bond donors (Lipinski definition) is 0. The number of anilines is 1. The molecule has 0 radical (unpaired) electrons. The molecule has 3 aliphatic rings. The SMILES string of the molecule is CCN1CCN(C(=O)C2CC2C(=O)N2CCN(c3cccc(C)c3C)CC2)CC1. The van der Waals surface area contributed by atoms with Crippen molar-refractivity contribution < 1.29 is 9.59 Å². The van der Waals surface area contributed by atoms with Crippen molar-refractivity contribution in [3.63, 3.8) is 0 Å². The fraction of sp³-hybridized carbons (Fsp3) is 0.652. The van der Waals surface area contributed by atoms with Crippen LogP contribution in [0.2, 0.25) is 0 Å². The average molecular weight is 399 g/mol.